The van der Waals surface area contributed by atoms with Gasteiger partial charge in [-0.1, -0.05) is 25.4 Å². The molecule has 0 radical (unpaired) electrons. The minimum Gasteiger partial charge on any atom is -0.358 e. The van der Waals surface area contributed by atoms with Gasteiger partial charge in [-0.25, -0.2) is 9.97 Å². The van der Waals surface area contributed by atoms with Crippen molar-refractivity contribution in [3.05, 3.63) is 22.7 Å². The van der Waals surface area contributed by atoms with Crippen LogP contribution in [-0.4, -0.2) is 35.4 Å². The van der Waals surface area contributed by atoms with Crippen molar-refractivity contribution in [3.8, 4) is 0 Å². The molecule has 0 saturated heterocycles. The van der Waals surface area contributed by atoms with Crippen molar-refractivity contribution in [3.63, 3.8) is 0 Å². The molecule has 1 aromatic heterocycles. The molecule has 0 atom stereocenters. The van der Waals surface area contributed by atoms with Crippen molar-refractivity contribution in [2.75, 3.05) is 13.6 Å². The molecule has 0 saturated carbocycles. The number of hydrogen-bond acceptors (Lipinski definition) is 4. The molecule has 0 spiro atoms. The topological polar surface area (TPSA) is 84.0 Å². The van der Waals surface area contributed by atoms with Gasteiger partial charge in [-0.15, -0.1) is 0 Å². The normalized spacial score (nSPS) is 10.3. The number of hydrogen-bond donors (Lipinski definition) is 2. The Hall–Kier alpha value is -1.69. The average Bonchev–Trinajstić information content (AvgIpc) is 2.35. The molecule has 2 amide bonds. The van der Waals surface area contributed by atoms with Crippen molar-refractivity contribution in [1.82, 2.24) is 20.6 Å². The third-order valence-electron chi connectivity index (χ3n) is 2.18. The number of rotatable bonds is 4. The Morgan fingerprint density at radius 1 is 1.44 bits per heavy atom. The monoisotopic (exact) mass is 270 g/mol. The van der Waals surface area contributed by atoms with Crippen LogP contribution in [-0.2, 0) is 4.79 Å². The van der Waals surface area contributed by atoms with Crippen LogP contribution in [0.2, 0.25) is 5.02 Å². The summed E-state index contributed by atoms with van der Waals surface area (Å²) in [7, 11) is 1.49. The number of carbonyl (C=O) groups is 2. The standard InChI is InChI=1S/C11H15ClN4O2/c1-6(2)10-14-4-7(12)9(16-10)11(18)15-5-8(17)13-3/h4,6H,5H2,1-3H3,(H,13,17)(H,15,18). The van der Waals surface area contributed by atoms with Crippen LogP contribution in [0.25, 0.3) is 0 Å². The maximum absolute atomic E-state index is 11.8. The number of carbonyl (C=O) groups excluding carboxylic acids is 2. The Bertz CT molecular complexity index is 462. The minimum atomic E-state index is -0.493. The quantitative estimate of drug-likeness (QED) is 0.845. The van der Waals surface area contributed by atoms with Gasteiger partial charge >= 0.3 is 0 Å². The Labute approximate surface area is 110 Å². The summed E-state index contributed by atoms with van der Waals surface area (Å²) >= 11 is 5.86. The summed E-state index contributed by atoms with van der Waals surface area (Å²) < 4.78 is 0. The number of nitrogens with zero attached hydrogens (tertiary/aromatic N) is 2. The number of aromatic nitrogens is 2. The zero-order valence-electron chi connectivity index (χ0n) is 10.5. The SMILES string of the molecule is CNC(=O)CNC(=O)c1nc(C(C)C)ncc1Cl. The first kappa shape index (κ1) is 14.4. The van der Waals surface area contributed by atoms with Crippen LogP contribution in [0.1, 0.15) is 36.1 Å². The highest BCUT2D eigenvalue weighted by molar-refractivity contribution is 6.33. The van der Waals surface area contributed by atoms with Crippen molar-refractivity contribution >= 4 is 23.4 Å². The van der Waals surface area contributed by atoms with Gasteiger partial charge in [0.25, 0.3) is 5.91 Å². The molecule has 1 heterocycles. The van der Waals surface area contributed by atoms with E-state index in [0.717, 1.165) is 0 Å². The largest absolute Gasteiger partial charge is 0.358 e. The fourth-order valence-corrected chi connectivity index (χ4v) is 1.33. The van der Waals surface area contributed by atoms with Gasteiger partial charge in [0.1, 0.15) is 11.5 Å². The molecule has 1 rings (SSSR count). The van der Waals surface area contributed by atoms with Crippen LogP contribution in [0.4, 0.5) is 0 Å². The zero-order chi connectivity index (χ0) is 13.7. The van der Waals surface area contributed by atoms with Crippen LogP contribution in [0.5, 0.6) is 0 Å². The fraction of sp³-hybridized carbons (Fsp3) is 0.455. The third-order valence-corrected chi connectivity index (χ3v) is 2.46. The summed E-state index contributed by atoms with van der Waals surface area (Å²) in [6, 6.07) is 0. The van der Waals surface area contributed by atoms with E-state index in [0.29, 0.717) is 5.82 Å². The number of likely N-dealkylation sites (N-methyl/N-ethyl adjacent to an activating group) is 1. The number of halogens is 1. The van der Waals surface area contributed by atoms with Crippen LogP contribution in [0, 0.1) is 0 Å². The van der Waals surface area contributed by atoms with Gasteiger partial charge < -0.3 is 10.6 Å². The van der Waals surface area contributed by atoms with Gasteiger partial charge in [-0.3, -0.25) is 9.59 Å². The van der Waals surface area contributed by atoms with E-state index in [1.807, 2.05) is 13.8 Å². The summed E-state index contributed by atoms with van der Waals surface area (Å²) in [4.78, 5) is 30.9. The Morgan fingerprint density at radius 2 is 2.11 bits per heavy atom. The second kappa shape index (κ2) is 6.30. The Balaban J connectivity index is 2.84. The molecule has 0 bridgehead atoms. The lowest BCUT2D eigenvalue weighted by atomic mass is 10.2. The first-order valence-corrected chi connectivity index (χ1v) is 5.84. The van der Waals surface area contributed by atoms with Crippen LogP contribution in [0.3, 0.4) is 0 Å². The molecular weight excluding hydrogens is 256 g/mol. The summed E-state index contributed by atoms with van der Waals surface area (Å²) in [5.74, 6) is -0.164. The second-order valence-corrected chi connectivity index (χ2v) is 4.34. The molecule has 0 aliphatic heterocycles. The maximum Gasteiger partial charge on any atom is 0.272 e. The lowest BCUT2D eigenvalue weighted by Crippen LogP contribution is -2.35. The van der Waals surface area contributed by atoms with E-state index in [2.05, 4.69) is 20.6 Å². The maximum atomic E-state index is 11.8. The van der Waals surface area contributed by atoms with Gasteiger partial charge in [-0.2, -0.15) is 0 Å². The van der Waals surface area contributed by atoms with Gasteiger partial charge in [0.05, 0.1) is 17.8 Å². The second-order valence-electron chi connectivity index (χ2n) is 3.94. The van der Waals surface area contributed by atoms with Crippen molar-refractivity contribution in [2.45, 2.75) is 19.8 Å². The Morgan fingerprint density at radius 3 is 2.67 bits per heavy atom. The Kier molecular flexibility index (Phi) is 5.03. The molecule has 18 heavy (non-hydrogen) atoms. The molecule has 1 aromatic rings. The highest BCUT2D eigenvalue weighted by Crippen LogP contribution is 2.15. The van der Waals surface area contributed by atoms with Crippen molar-refractivity contribution in [1.29, 1.82) is 0 Å². The third kappa shape index (κ3) is 3.66. The van der Waals surface area contributed by atoms with Gasteiger partial charge in [0, 0.05) is 13.0 Å². The van der Waals surface area contributed by atoms with Gasteiger partial charge in [0.15, 0.2) is 0 Å². The predicted molar refractivity (Wildman–Crippen MR) is 67.5 cm³/mol. The molecule has 98 valence electrons. The molecule has 0 aliphatic rings. The molecule has 7 heteroatoms. The van der Waals surface area contributed by atoms with E-state index in [1.165, 1.54) is 13.2 Å². The molecule has 0 aliphatic carbocycles. The molecule has 6 nitrogen and oxygen atoms in total. The molecule has 0 aromatic carbocycles. The van der Waals surface area contributed by atoms with Crippen molar-refractivity contribution < 1.29 is 9.59 Å². The van der Waals surface area contributed by atoms with Crippen LogP contribution >= 0.6 is 11.6 Å². The highest BCUT2D eigenvalue weighted by atomic mass is 35.5. The number of nitrogens with one attached hydrogen (secondary N) is 2. The van der Waals surface area contributed by atoms with E-state index in [1.54, 1.807) is 0 Å². The minimum absolute atomic E-state index is 0.0827. The average molecular weight is 271 g/mol. The lowest BCUT2D eigenvalue weighted by Gasteiger charge is -2.08. The first-order chi connectivity index (χ1) is 8.45. The van der Waals surface area contributed by atoms with Crippen LogP contribution < -0.4 is 10.6 Å². The summed E-state index contributed by atoms with van der Waals surface area (Å²) in [6.07, 6.45) is 1.39. The lowest BCUT2D eigenvalue weighted by molar-refractivity contribution is -0.119. The predicted octanol–water partition coefficient (Wildman–Crippen LogP) is 0.729. The molecule has 0 fully saturated rings. The first-order valence-electron chi connectivity index (χ1n) is 5.47. The zero-order valence-corrected chi connectivity index (χ0v) is 11.2. The number of amides is 2. The van der Waals surface area contributed by atoms with E-state index in [9.17, 15) is 9.59 Å². The molecule has 0 unspecified atom stereocenters. The van der Waals surface area contributed by atoms with Crippen molar-refractivity contribution in [2.24, 2.45) is 0 Å². The van der Waals surface area contributed by atoms with E-state index >= 15 is 0 Å². The highest BCUT2D eigenvalue weighted by Gasteiger charge is 2.15. The van der Waals surface area contributed by atoms with E-state index in [-0.39, 0.29) is 29.1 Å². The summed E-state index contributed by atoms with van der Waals surface area (Å²) in [6.45, 7) is 3.71. The summed E-state index contributed by atoms with van der Waals surface area (Å²) in [5.41, 5.74) is 0.0827. The molecule has 2 N–H and O–H groups in total. The van der Waals surface area contributed by atoms with Gasteiger partial charge in [-0.05, 0) is 0 Å². The van der Waals surface area contributed by atoms with Gasteiger partial charge in [0.2, 0.25) is 5.91 Å². The fourth-order valence-electron chi connectivity index (χ4n) is 1.15. The van der Waals surface area contributed by atoms with Crippen LogP contribution in [0.15, 0.2) is 6.20 Å². The summed E-state index contributed by atoms with van der Waals surface area (Å²) in [5, 5.41) is 4.99. The molecular formula is C11H15ClN4O2. The van der Waals surface area contributed by atoms with E-state index in [4.69, 9.17) is 11.6 Å². The van der Waals surface area contributed by atoms with E-state index < -0.39 is 5.91 Å². The smallest absolute Gasteiger partial charge is 0.272 e.